The zero-order valence-electron chi connectivity index (χ0n) is 14.1. The van der Waals surface area contributed by atoms with Crippen molar-refractivity contribution in [1.82, 2.24) is 10.2 Å². The predicted molar refractivity (Wildman–Crippen MR) is 97.4 cm³/mol. The number of amides is 1. The van der Waals surface area contributed by atoms with Crippen molar-refractivity contribution in [1.29, 1.82) is 0 Å². The number of thiocarbonyl (C=S) groups is 1. The van der Waals surface area contributed by atoms with Gasteiger partial charge in [0.05, 0.1) is 0 Å². The second kappa shape index (κ2) is 6.53. The highest BCUT2D eigenvalue weighted by atomic mass is 32.1. The Balaban J connectivity index is 1.46. The quantitative estimate of drug-likeness (QED) is 0.814. The summed E-state index contributed by atoms with van der Waals surface area (Å²) in [6, 6.07) is 4.82. The summed E-state index contributed by atoms with van der Waals surface area (Å²) in [5.41, 5.74) is -0.0192. The molecule has 1 saturated carbocycles. The highest BCUT2D eigenvalue weighted by Gasteiger charge is 2.55. The number of likely N-dealkylation sites (tertiary alicyclic amines) is 1. The second-order valence-corrected chi connectivity index (χ2v) is 7.38. The summed E-state index contributed by atoms with van der Waals surface area (Å²) < 4.78 is 20.1. The Morgan fingerprint density at radius 1 is 1.24 bits per heavy atom. The summed E-state index contributed by atoms with van der Waals surface area (Å²) >= 11 is 5.29. The lowest BCUT2D eigenvalue weighted by Gasteiger charge is -2.43. The minimum absolute atomic E-state index is 0.0740. The Morgan fingerprint density at radius 3 is 2.64 bits per heavy atom. The van der Waals surface area contributed by atoms with Crippen molar-refractivity contribution in [2.24, 2.45) is 0 Å². The molecule has 0 unspecified atom stereocenters. The van der Waals surface area contributed by atoms with E-state index in [1.54, 1.807) is 17.0 Å². The van der Waals surface area contributed by atoms with E-state index in [4.69, 9.17) is 17.0 Å². The number of rotatable bonds is 5. The van der Waals surface area contributed by atoms with Gasteiger partial charge in [0.15, 0.2) is 16.7 Å². The molecule has 2 heterocycles. The first-order valence-corrected chi connectivity index (χ1v) is 9.31. The van der Waals surface area contributed by atoms with Crippen LogP contribution in [0.4, 0.5) is 10.1 Å². The number of ether oxygens (including phenoxy) is 1. The number of anilines is 1. The molecule has 25 heavy (non-hydrogen) atoms. The Kier molecular flexibility index (Phi) is 4.37. The molecule has 2 aliphatic heterocycles. The first-order chi connectivity index (χ1) is 12.1. The van der Waals surface area contributed by atoms with Gasteiger partial charge in [-0.15, -0.1) is 0 Å². The fraction of sp³-hybridized carbons (Fsp3) is 0.556. The van der Waals surface area contributed by atoms with Crippen LogP contribution in [-0.4, -0.2) is 47.7 Å². The maximum absolute atomic E-state index is 14.5. The number of hydrogen-bond acceptors (Lipinski definition) is 4. The molecule has 0 aromatic heterocycles. The molecule has 1 aromatic carbocycles. The molecule has 134 valence electrons. The number of nitrogens with zero attached hydrogens (tertiary/aromatic N) is 2. The SMILES string of the molecule is O=C1NC(=S)N(c2ccc(OCCN3CCCC3)c(F)c2)C12CCC2. The number of halogens is 1. The van der Waals surface area contributed by atoms with Crippen LogP contribution in [0.2, 0.25) is 0 Å². The normalized spacial score (nSPS) is 22.4. The fourth-order valence-corrected chi connectivity index (χ4v) is 4.30. The lowest BCUT2D eigenvalue weighted by molar-refractivity contribution is -0.125. The summed E-state index contributed by atoms with van der Waals surface area (Å²) in [5, 5.41) is 3.07. The first-order valence-electron chi connectivity index (χ1n) is 8.90. The topological polar surface area (TPSA) is 44.8 Å². The van der Waals surface area contributed by atoms with Gasteiger partial charge in [-0.25, -0.2) is 4.39 Å². The van der Waals surface area contributed by atoms with E-state index < -0.39 is 11.4 Å². The Labute approximate surface area is 152 Å². The molecule has 0 radical (unpaired) electrons. The van der Waals surface area contributed by atoms with Gasteiger partial charge < -0.3 is 15.0 Å². The van der Waals surface area contributed by atoms with E-state index in [0.29, 0.717) is 17.4 Å². The van der Waals surface area contributed by atoms with Crippen molar-refractivity contribution in [3.8, 4) is 5.75 Å². The molecule has 0 bridgehead atoms. The predicted octanol–water partition coefficient (Wildman–Crippen LogP) is 2.44. The van der Waals surface area contributed by atoms with Gasteiger partial charge in [0.2, 0.25) is 0 Å². The lowest BCUT2D eigenvalue weighted by Crippen LogP contribution is -2.55. The van der Waals surface area contributed by atoms with Crippen molar-refractivity contribution in [2.75, 3.05) is 31.1 Å². The Bertz CT molecular complexity index is 702. The Hall–Kier alpha value is -1.73. The van der Waals surface area contributed by atoms with E-state index >= 15 is 0 Å². The molecule has 1 spiro atoms. The molecular formula is C18H22FN3O2S. The smallest absolute Gasteiger partial charge is 0.252 e. The van der Waals surface area contributed by atoms with Gasteiger partial charge in [-0.2, -0.15) is 0 Å². The van der Waals surface area contributed by atoms with Crippen LogP contribution in [0, 0.1) is 5.82 Å². The van der Waals surface area contributed by atoms with E-state index in [0.717, 1.165) is 38.9 Å². The van der Waals surface area contributed by atoms with E-state index in [2.05, 4.69) is 10.2 Å². The van der Waals surface area contributed by atoms with Crippen molar-refractivity contribution in [2.45, 2.75) is 37.6 Å². The molecule has 1 amide bonds. The van der Waals surface area contributed by atoms with E-state index in [-0.39, 0.29) is 11.7 Å². The molecule has 1 aliphatic carbocycles. The molecule has 4 rings (SSSR count). The van der Waals surface area contributed by atoms with Crippen molar-refractivity contribution in [3.05, 3.63) is 24.0 Å². The third kappa shape index (κ3) is 2.89. The lowest BCUT2D eigenvalue weighted by atomic mass is 9.75. The highest BCUT2D eigenvalue weighted by Crippen LogP contribution is 2.44. The number of hydrogen-bond donors (Lipinski definition) is 1. The average molecular weight is 363 g/mol. The van der Waals surface area contributed by atoms with Gasteiger partial charge in [0, 0.05) is 18.3 Å². The number of nitrogens with one attached hydrogen (secondary N) is 1. The van der Waals surface area contributed by atoms with E-state index in [1.807, 2.05) is 0 Å². The summed E-state index contributed by atoms with van der Waals surface area (Å²) in [6.07, 6.45) is 4.93. The minimum Gasteiger partial charge on any atom is -0.489 e. The molecule has 7 heteroatoms. The van der Waals surface area contributed by atoms with Crippen LogP contribution >= 0.6 is 12.2 Å². The van der Waals surface area contributed by atoms with Crippen molar-refractivity contribution in [3.63, 3.8) is 0 Å². The van der Waals surface area contributed by atoms with Crippen LogP contribution in [0.1, 0.15) is 32.1 Å². The van der Waals surface area contributed by atoms with Crippen molar-refractivity contribution >= 4 is 28.9 Å². The zero-order valence-corrected chi connectivity index (χ0v) is 14.9. The summed E-state index contributed by atoms with van der Waals surface area (Å²) in [7, 11) is 0. The van der Waals surface area contributed by atoms with Crippen molar-refractivity contribution < 1.29 is 13.9 Å². The summed E-state index contributed by atoms with van der Waals surface area (Å²) in [6.45, 7) is 3.49. The molecule has 1 N–H and O–H groups in total. The largest absolute Gasteiger partial charge is 0.489 e. The molecule has 3 fully saturated rings. The zero-order chi connectivity index (χ0) is 17.4. The van der Waals surface area contributed by atoms with E-state index in [1.165, 1.54) is 18.9 Å². The summed E-state index contributed by atoms with van der Waals surface area (Å²) in [4.78, 5) is 16.3. The van der Waals surface area contributed by atoms with Gasteiger partial charge in [-0.1, -0.05) is 0 Å². The van der Waals surface area contributed by atoms with Gasteiger partial charge in [-0.3, -0.25) is 9.69 Å². The van der Waals surface area contributed by atoms with E-state index in [9.17, 15) is 9.18 Å². The summed E-state index contributed by atoms with van der Waals surface area (Å²) in [5.74, 6) is -0.249. The average Bonchev–Trinajstić information content (AvgIpc) is 3.13. The van der Waals surface area contributed by atoms with Crippen LogP contribution in [0.3, 0.4) is 0 Å². The van der Waals surface area contributed by atoms with Gasteiger partial charge in [0.25, 0.3) is 5.91 Å². The maximum atomic E-state index is 14.5. The standard InChI is InChI=1S/C18H22FN3O2S/c19-14-12-13(22-17(25)20-16(23)18(22)6-3-7-18)4-5-15(14)24-11-10-21-8-1-2-9-21/h4-5,12H,1-3,6-11H2,(H,20,23,25). The number of carbonyl (C=O) groups excluding carboxylic acids is 1. The first kappa shape index (κ1) is 16.7. The monoisotopic (exact) mass is 363 g/mol. The minimum atomic E-state index is -0.623. The molecule has 2 saturated heterocycles. The number of benzene rings is 1. The molecule has 0 atom stereocenters. The van der Waals surface area contributed by atoms with Gasteiger partial charge >= 0.3 is 0 Å². The maximum Gasteiger partial charge on any atom is 0.252 e. The fourth-order valence-electron chi connectivity index (χ4n) is 3.93. The van der Waals surface area contributed by atoms with Gasteiger partial charge in [-0.05, 0) is 69.5 Å². The third-order valence-corrected chi connectivity index (χ3v) is 5.78. The molecular weight excluding hydrogens is 341 g/mol. The van der Waals surface area contributed by atoms with Crippen LogP contribution < -0.4 is 15.0 Å². The molecule has 5 nitrogen and oxygen atoms in total. The van der Waals surface area contributed by atoms with Crippen LogP contribution in [-0.2, 0) is 4.79 Å². The van der Waals surface area contributed by atoms with Crippen LogP contribution in [0.25, 0.3) is 0 Å². The Morgan fingerprint density at radius 2 is 2.00 bits per heavy atom. The molecule has 3 aliphatic rings. The van der Waals surface area contributed by atoms with Crippen LogP contribution in [0.15, 0.2) is 18.2 Å². The van der Waals surface area contributed by atoms with Crippen LogP contribution in [0.5, 0.6) is 5.75 Å². The second-order valence-electron chi connectivity index (χ2n) is 6.99. The third-order valence-electron chi connectivity index (χ3n) is 5.49. The van der Waals surface area contributed by atoms with Gasteiger partial charge in [0.1, 0.15) is 12.1 Å². The highest BCUT2D eigenvalue weighted by molar-refractivity contribution is 7.80. The number of carbonyl (C=O) groups is 1. The molecule has 1 aromatic rings.